The van der Waals surface area contributed by atoms with Crippen LogP contribution in [0.3, 0.4) is 0 Å². The molecule has 116 valence electrons. The fourth-order valence-electron chi connectivity index (χ4n) is 3.12. The highest BCUT2D eigenvalue weighted by Crippen LogP contribution is 2.42. The summed E-state index contributed by atoms with van der Waals surface area (Å²) in [5.41, 5.74) is -0.420. The molecule has 1 aromatic heterocycles. The van der Waals surface area contributed by atoms with Crippen LogP contribution in [0.5, 0.6) is 0 Å². The van der Waals surface area contributed by atoms with Crippen LogP contribution in [0.25, 0.3) is 0 Å². The van der Waals surface area contributed by atoms with E-state index in [9.17, 15) is 9.90 Å². The highest BCUT2D eigenvalue weighted by Gasteiger charge is 2.38. The van der Waals surface area contributed by atoms with Crippen molar-refractivity contribution in [1.82, 2.24) is 15.6 Å². The lowest BCUT2D eigenvalue weighted by atomic mass is 9.99. The van der Waals surface area contributed by atoms with Gasteiger partial charge in [-0.1, -0.05) is 12.8 Å². The van der Waals surface area contributed by atoms with Gasteiger partial charge >= 0.3 is 6.03 Å². The largest absolute Gasteiger partial charge is 0.394 e. The lowest BCUT2D eigenvalue weighted by Crippen LogP contribution is -2.53. The maximum Gasteiger partial charge on any atom is 0.315 e. The molecule has 1 unspecified atom stereocenters. The van der Waals surface area contributed by atoms with Crippen LogP contribution < -0.4 is 10.6 Å². The van der Waals surface area contributed by atoms with Gasteiger partial charge < -0.3 is 15.7 Å². The Balaban J connectivity index is 1.64. The molecular formula is C15H23N3O2S. The molecule has 3 N–H and O–H groups in total. The molecule has 2 aliphatic carbocycles. The summed E-state index contributed by atoms with van der Waals surface area (Å²) < 4.78 is 0. The number of nitrogens with zero attached hydrogens (tertiary/aromatic N) is 1. The van der Waals surface area contributed by atoms with Crippen molar-refractivity contribution in [3.05, 3.63) is 16.1 Å². The summed E-state index contributed by atoms with van der Waals surface area (Å²) in [6, 6.07) is -0.156. The van der Waals surface area contributed by atoms with Gasteiger partial charge in [0.15, 0.2) is 0 Å². The summed E-state index contributed by atoms with van der Waals surface area (Å²) in [4.78, 5) is 17.9. The molecule has 2 fully saturated rings. The Labute approximate surface area is 129 Å². The van der Waals surface area contributed by atoms with E-state index in [0.29, 0.717) is 5.92 Å². The average Bonchev–Trinajstić information content (AvgIpc) is 3.05. The number of amides is 2. The van der Waals surface area contributed by atoms with Crippen molar-refractivity contribution in [3.63, 3.8) is 0 Å². The summed E-state index contributed by atoms with van der Waals surface area (Å²) in [5, 5.41) is 16.7. The number of thiazole rings is 1. The van der Waals surface area contributed by atoms with Gasteiger partial charge in [0.1, 0.15) is 5.01 Å². The van der Waals surface area contributed by atoms with Crippen LogP contribution in [-0.2, 0) is 0 Å². The smallest absolute Gasteiger partial charge is 0.315 e. The second kappa shape index (κ2) is 5.93. The normalized spacial score (nSPS) is 22.0. The van der Waals surface area contributed by atoms with Crippen LogP contribution in [-0.4, -0.2) is 28.3 Å². The van der Waals surface area contributed by atoms with Crippen LogP contribution in [0.15, 0.2) is 6.20 Å². The highest BCUT2D eigenvalue weighted by atomic mass is 32.1. The van der Waals surface area contributed by atoms with Crippen molar-refractivity contribution in [2.75, 3.05) is 6.61 Å². The SMILES string of the molecule is Cc1cnc(C(NC(=O)NC2(CO)CCCC2)C2CC2)s1. The Morgan fingerprint density at radius 2 is 2.24 bits per heavy atom. The zero-order valence-corrected chi connectivity index (χ0v) is 13.2. The minimum absolute atomic E-state index is 0.0147. The quantitative estimate of drug-likeness (QED) is 0.782. The van der Waals surface area contributed by atoms with Gasteiger partial charge in [-0.25, -0.2) is 9.78 Å². The number of carbonyl (C=O) groups excluding carboxylic acids is 1. The van der Waals surface area contributed by atoms with Crippen molar-refractivity contribution >= 4 is 17.4 Å². The van der Waals surface area contributed by atoms with Crippen LogP contribution in [0, 0.1) is 12.8 Å². The predicted molar refractivity (Wildman–Crippen MR) is 82.3 cm³/mol. The number of aliphatic hydroxyl groups is 1. The van der Waals surface area contributed by atoms with Crippen molar-refractivity contribution in [3.8, 4) is 0 Å². The first-order valence-electron chi connectivity index (χ1n) is 7.74. The van der Waals surface area contributed by atoms with Crippen LogP contribution >= 0.6 is 11.3 Å². The Morgan fingerprint density at radius 1 is 1.52 bits per heavy atom. The lowest BCUT2D eigenvalue weighted by Gasteiger charge is -2.29. The van der Waals surface area contributed by atoms with E-state index >= 15 is 0 Å². The fourth-order valence-corrected chi connectivity index (χ4v) is 4.04. The minimum Gasteiger partial charge on any atom is -0.394 e. The van der Waals surface area contributed by atoms with Gasteiger partial charge in [-0.2, -0.15) is 0 Å². The monoisotopic (exact) mass is 309 g/mol. The molecule has 1 aromatic rings. The molecule has 1 heterocycles. The summed E-state index contributed by atoms with van der Waals surface area (Å²) in [6.07, 6.45) is 8.02. The van der Waals surface area contributed by atoms with Gasteiger partial charge in [-0.3, -0.25) is 0 Å². The number of hydrogen-bond donors (Lipinski definition) is 3. The number of aryl methyl sites for hydroxylation is 1. The van der Waals surface area contributed by atoms with E-state index in [-0.39, 0.29) is 18.7 Å². The molecule has 1 atom stereocenters. The van der Waals surface area contributed by atoms with Gasteiger partial charge in [0.2, 0.25) is 0 Å². The lowest BCUT2D eigenvalue weighted by molar-refractivity contribution is 0.161. The first-order chi connectivity index (χ1) is 10.1. The van der Waals surface area contributed by atoms with E-state index in [2.05, 4.69) is 15.6 Å². The molecule has 0 bridgehead atoms. The van der Waals surface area contributed by atoms with Gasteiger partial charge in [0, 0.05) is 11.1 Å². The third-order valence-electron chi connectivity index (χ3n) is 4.53. The molecule has 0 aliphatic heterocycles. The Hall–Kier alpha value is -1.14. The standard InChI is InChI=1S/C15H23N3O2S/c1-10-8-16-13(21-10)12(11-4-5-11)17-14(20)18-15(9-19)6-2-3-7-15/h8,11-12,19H,2-7,9H2,1H3,(H2,17,18,20). The summed E-state index contributed by atoms with van der Waals surface area (Å²) in [7, 11) is 0. The van der Waals surface area contributed by atoms with Crippen LogP contribution in [0.4, 0.5) is 4.79 Å². The molecular weight excluding hydrogens is 286 g/mol. The second-order valence-electron chi connectivity index (χ2n) is 6.37. The molecule has 5 nitrogen and oxygen atoms in total. The van der Waals surface area contributed by atoms with E-state index in [1.807, 2.05) is 13.1 Å². The highest BCUT2D eigenvalue weighted by molar-refractivity contribution is 7.11. The molecule has 2 aliphatic rings. The van der Waals surface area contributed by atoms with Gasteiger partial charge in [-0.15, -0.1) is 11.3 Å². The molecule has 2 amide bonds. The Morgan fingerprint density at radius 3 is 2.76 bits per heavy atom. The predicted octanol–water partition coefficient (Wildman–Crippen LogP) is 2.51. The zero-order valence-electron chi connectivity index (χ0n) is 12.4. The Bertz CT molecular complexity index is 507. The van der Waals surface area contributed by atoms with Crippen molar-refractivity contribution in [2.45, 2.75) is 57.0 Å². The van der Waals surface area contributed by atoms with E-state index in [1.54, 1.807) is 11.3 Å². The average molecular weight is 309 g/mol. The third kappa shape index (κ3) is 3.37. The van der Waals surface area contributed by atoms with Gasteiger partial charge in [0.05, 0.1) is 18.2 Å². The number of hydrogen-bond acceptors (Lipinski definition) is 4. The molecule has 21 heavy (non-hydrogen) atoms. The summed E-state index contributed by atoms with van der Waals surface area (Å²) in [5.74, 6) is 0.509. The van der Waals surface area contributed by atoms with Crippen LogP contribution in [0.1, 0.15) is 54.5 Å². The topological polar surface area (TPSA) is 74.2 Å². The number of urea groups is 1. The maximum absolute atomic E-state index is 12.3. The molecule has 6 heteroatoms. The van der Waals surface area contributed by atoms with E-state index in [1.165, 1.54) is 4.88 Å². The van der Waals surface area contributed by atoms with Crippen molar-refractivity contribution in [2.24, 2.45) is 5.92 Å². The molecule has 2 saturated carbocycles. The number of rotatable bonds is 5. The first kappa shape index (κ1) is 14.8. The molecule has 0 radical (unpaired) electrons. The molecule has 3 rings (SSSR count). The van der Waals surface area contributed by atoms with E-state index in [0.717, 1.165) is 43.5 Å². The van der Waals surface area contributed by atoms with Crippen LogP contribution in [0.2, 0.25) is 0 Å². The summed E-state index contributed by atoms with van der Waals surface area (Å²) in [6.45, 7) is 2.05. The number of aliphatic hydroxyl groups excluding tert-OH is 1. The molecule has 0 spiro atoms. The van der Waals surface area contributed by atoms with Crippen molar-refractivity contribution in [1.29, 1.82) is 0 Å². The van der Waals surface area contributed by atoms with E-state index in [4.69, 9.17) is 0 Å². The fraction of sp³-hybridized carbons (Fsp3) is 0.733. The Kier molecular flexibility index (Phi) is 4.17. The third-order valence-corrected chi connectivity index (χ3v) is 5.52. The summed E-state index contributed by atoms with van der Waals surface area (Å²) >= 11 is 1.65. The molecule has 0 aromatic carbocycles. The van der Waals surface area contributed by atoms with Crippen molar-refractivity contribution < 1.29 is 9.90 Å². The number of aromatic nitrogens is 1. The van der Waals surface area contributed by atoms with Gasteiger partial charge in [0.25, 0.3) is 0 Å². The number of nitrogens with one attached hydrogen (secondary N) is 2. The van der Waals surface area contributed by atoms with Gasteiger partial charge in [-0.05, 0) is 38.5 Å². The minimum atomic E-state index is -0.420. The first-order valence-corrected chi connectivity index (χ1v) is 8.55. The zero-order chi connectivity index (χ0) is 14.9. The number of carbonyl (C=O) groups is 1. The molecule has 0 saturated heterocycles. The maximum atomic E-state index is 12.3. The van der Waals surface area contributed by atoms with E-state index < -0.39 is 5.54 Å². The second-order valence-corrected chi connectivity index (χ2v) is 7.63.